The van der Waals surface area contributed by atoms with Gasteiger partial charge in [-0.25, -0.2) is 0 Å². The first-order valence-electron chi connectivity index (χ1n) is 4.66. The Labute approximate surface area is 91.7 Å². The van der Waals surface area contributed by atoms with E-state index in [2.05, 4.69) is 39.6 Å². The van der Waals surface area contributed by atoms with E-state index in [4.69, 9.17) is 0 Å². The van der Waals surface area contributed by atoms with Gasteiger partial charge in [0.05, 0.1) is 3.79 Å². The molecule has 1 aromatic heterocycles. The van der Waals surface area contributed by atoms with Crippen LogP contribution in [-0.4, -0.2) is 12.1 Å². The predicted octanol–water partition coefficient (Wildman–Crippen LogP) is 3.20. The van der Waals surface area contributed by atoms with E-state index in [1.165, 1.54) is 28.7 Å². The number of thiophene rings is 1. The van der Waals surface area contributed by atoms with E-state index >= 15 is 0 Å². The molecule has 1 fully saturated rings. The van der Waals surface area contributed by atoms with Crippen LogP contribution in [0.2, 0.25) is 0 Å². The normalized spacial score (nSPS) is 28.2. The van der Waals surface area contributed by atoms with Crippen LogP contribution in [0.3, 0.4) is 0 Å². The molecule has 1 saturated heterocycles. The zero-order chi connectivity index (χ0) is 9.31. The molecule has 1 nitrogen and oxygen atoms in total. The first-order valence-corrected chi connectivity index (χ1v) is 6.33. The SMILES string of the molecule is CC1(Cc2csc(Br)c2)CCCN1. The highest BCUT2D eigenvalue weighted by Gasteiger charge is 2.28. The quantitative estimate of drug-likeness (QED) is 0.861. The lowest BCUT2D eigenvalue weighted by atomic mass is 9.93. The van der Waals surface area contributed by atoms with Gasteiger partial charge in [-0.3, -0.25) is 0 Å². The van der Waals surface area contributed by atoms with Crippen LogP contribution in [0, 0.1) is 0 Å². The van der Waals surface area contributed by atoms with Crippen molar-refractivity contribution in [2.24, 2.45) is 0 Å². The van der Waals surface area contributed by atoms with E-state index in [1.54, 1.807) is 11.3 Å². The van der Waals surface area contributed by atoms with Crippen molar-refractivity contribution in [3.8, 4) is 0 Å². The summed E-state index contributed by atoms with van der Waals surface area (Å²) in [6, 6.07) is 2.23. The fourth-order valence-corrected chi connectivity index (χ4v) is 3.21. The Morgan fingerprint density at radius 1 is 1.69 bits per heavy atom. The van der Waals surface area contributed by atoms with Gasteiger partial charge in [0.1, 0.15) is 0 Å². The summed E-state index contributed by atoms with van der Waals surface area (Å²) in [4.78, 5) is 0. The number of rotatable bonds is 2. The van der Waals surface area contributed by atoms with Crippen molar-refractivity contribution in [2.75, 3.05) is 6.54 Å². The average Bonchev–Trinajstić information content (AvgIpc) is 2.62. The van der Waals surface area contributed by atoms with Gasteiger partial charge in [0.15, 0.2) is 0 Å². The van der Waals surface area contributed by atoms with Crippen LogP contribution in [0.1, 0.15) is 25.3 Å². The molecule has 1 unspecified atom stereocenters. The third-order valence-electron chi connectivity index (χ3n) is 2.67. The van der Waals surface area contributed by atoms with Crippen molar-refractivity contribution in [3.63, 3.8) is 0 Å². The largest absolute Gasteiger partial charge is 0.311 e. The van der Waals surface area contributed by atoms with Crippen LogP contribution in [0.15, 0.2) is 15.2 Å². The van der Waals surface area contributed by atoms with Gasteiger partial charge < -0.3 is 5.32 Å². The molecular formula is C10H14BrNS. The zero-order valence-corrected chi connectivity index (χ0v) is 10.2. The molecular weight excluding hydrogens is 246 g/mol. The lowest BCUT2D eigenvalue weighted by molar-refractivity contribution is 0.413. The lowest BCUT2D eigenvalue weighted by Crippen LogP contribution is -2.38. The van der Waals surface area contributed by atoms with Crippen LogP contribution >= 0.6 is 27.3 Å². The summed E-state index contributed by atoms with van der Waals surface area (Å²) < 4.78 is 1.24. The Balaban J connectivity index is 2.04. The van der Waals surface area contributed by atoms with E-state index in [-0.39, 0.29) is 0 Å². The average molecular weight is 260 g/mol. The molecule has 2 rings (SSSR count). The lowest BCUT2D eigenvalue weighted by Gasteiger charge is -2.23. The van der Waals surface area contributed by atoms with Crippen molar-refractivity contribution in [1.82, 2.24) is 5.32 Å². The van der Waals surface area contributed by atoms with Crippen molar-refractivity contribution in [2.45, 2.75) is 31.7 Å². The molecule has 0 bridgehead atoms. The first-order chi connectivity index (χ1) is 6.18. The molecule has 1 atom stereocenters. The molecule has 1 aliphatic heterocycles. The molecule has 0 aromatic carbocycles. The van der Waals surface area contributed by atoms with Gasteiger partial charge in [0.2, 0.25) is 0 Å². The van der Waals surface area contributed by atoms with Crippen LogP contribution in [0.4, 0.5) is 0 Å². The summed E-state index contributed by atoms with van der Waals surface area (Å²) in [7, 11) is 0. The van der Waals surface area contributed by atoms with Gasteiger partial charge in [-0.1, -0.05) is 0 Å². The third kappa shape index (κ3) is 2.33. The highest BCUT2D eigenvalue weighted by atomic mass is 79.9. The van der Waals surface area contributed by atoms with Crippen LogP contribution < -0.4 is 5.32 Å². The summed E-state index contributed by atoms with van der Waals surface area (Å²) in [5.41, 5.74) is 1.80. The zero-order valence-electron chi connectivity index (χ0n) is 7.77. The molecule has 13 heavy (non-hydrogen) atoms. The Morgan fingerprint density at radius 3 is 3.08 bits per heavy atom. The molecule has 1 N–H and O–H groups in total. The smallest absolute Gasteiger partial charge is 0.0701 e. The molecule has 0 aliphatic carbocycles. The standard InChI is InChI=1S/C10H14BrNS/c1-10(3-2-4-12-10)6-8-5-9(11)13-7-8/h5,7,12H,2-4,6H2,1H3. The van der Waals surface area contributed by atoms with Gasteiger partial charge in [-0.15, -0.1) is 11.3 Å². The summed E-state index contributed by atoms with van der Waals surface area (Å²) in [5, 5.41) is 5.83. The van der Waals surface area contributed by atoms with E-state index in [9.17, 15) is 0 Å². The number of nitrogens with one attached hydrogen (secondary N) is 1. The van der Waals surface area contributed by atoms with E-state index in [0.29, 0.717) is 5.54 Å². The third-order valence-corrected chi connectivity index (χ3v) is 4.23. The highest BCUT2D eigenvalue weighted by Crippen LogP contribution is 2.27. The fourth-order valence-electron chi connectivity index (χ4n) is 2.00. The number of hydrogen-bond donors (Lipinski definition) is 1. The van der Waals surface area contributed by atoms with Gasteiger partial charge in [0.25, 0.3) is 0 Å². The van der Waals surface area contributed by atoms with Gasteiger partial charge >= 0.3 is 0 Å². The molecule has 72 valence electrons. The summed E-state index contributed by atoms with van der Waals surface area (Å²) in [5.74, 6) is 0. The summed E-state index contributed by atoms with van der Waals surface area (Å²) >= 11 is 5.27. The van der Waals surface area contributed by atoms with Crippen LogP contribution in [0.5, 0.6) is 0 Å². The van der Waals surface area contributed by atoms with E-state index in [0.717, 1.165) is 6.42 Å². The Hall–Kier alpha value is 0.140. The minimum Gasteiger partial charge on any atom is -0.311 e. The van der Waals surface area contributed by atoms with Crippen molar-refractivity contribution in [3.05, 3.63) is 20.8 Å². The van der Waals surface area contributed by atoms with Crippen molar-refractivity contribution in [1.29, 1.82) is 0 Å². The summed E-state index contributed by atoms with van der Waals surface area (Å²) in [6.07, 6.45) is 3.79. The molecule has 0 amide bonds. The molecule has 0 saturated carbocycles. The second kappa shape index (κ2) is 3.71. The number of halogens is 1. The molecule has 0 radical (unpaired) electrons. The van der Waals surface area contributed by atoms with Gasteiger partial charge in [0, 0.05) is 5.54 Å². The second-order valence-corrected chi connectivity index (χ2v) is 6.32. The molecule has 1 aliphatic rings. The molecule has 3 heteroatoms. The summed E-state index contributed by atoms with van der Waals surface area (Å²) in [6.45, 7) is 3.51. The monoisotopic (exact) mass is 259 g/mol. The van der Waals surface area contributed by atoms with E-state index in [1.807, 2.05) is 0 Å². The maximum atomic E-state index is 3.58. The van der Waals surface area contributed by atoms with Crippen LogP contribution in [-0.2, 0) is 6.42 Å². The predicted molar refractivity (Wildman–Crippen MR) is 61.4 cm³/mol. The molecule has 2 heterocycles. The highest BCUT2D eigenvalue weighted by molar-refractivity contribution is 9.11. The minimum atomic E-state index is 0.348. The Bertz CT molecular complexity index is 289. The topological polar surface area (TPSA) is 12.0 Å². The van der Waals surface area contributed by atoms with Crippen molar-refractivity contribution >= 4 is 27.3 Å². The molecule has 0 spiro atoms. The Morgan fingerprint density at radius 2 is 2.54 bits per heavy atom. The van der Waals surface area contributed by atoms with Gasteiger partial charge in [-0.05, 0) is 65.7 Å². The van der Waals surface area contributed by atoms with Crippen molar-refractivity contribution < 1.29 is 0 Å². The van der Waals surface area contributed by atoms with Crippen LogP contribution in [0.25, 0.3) is 0 Å². The minimum absolute atomic E-state index is 0.348. The fraction of sp³-hybridized carbons (Fsp3) is 0.600. The first kappa shape index (κ1) is 9.69. The molecule has 1 aromatic rings. The van der Waals surface area contributed by atoms with Gasteiger partial charge in [-0.2, -0.15) is 0 Å². The second-order valence-electron chi connectivity index (χ2n) is 4.03. The Kier molecular flexibility index (Phi) is 2.77. The van der Waals surface area contributed by atoms with E-state index < -0.39 is 0 Å². The number of hydrogen-bond acceptors (Lipinski definition) is 2. The maximum Gasteiger partial charge on any atom is 0.0701 e. The maximum absolute atomic E-state index is 3.58.